The number of benzene rings is 1. The molecule has 2 rings (SSSR count). The maximum atomic E-state index is 10.7. The molecule has 0 saturated carbocycles. The molecule has 0 aliphatic heterocycles. The first-order chi connectivity index (χ1) is 7.58. The zero-order chi connectivity index (χ0) is 11.7. The summed E-state index contributed by atoms with van der Waals surface area (Å²) in [6, 6.07) is 7.47. The fourth-order valence-electron chi connectivity index (χ4n) is 1.74. The van der Waals surface area contributed by atoms with Crippen LogP contribution in [0.3, 0.4) is 0 Å². The molecule has 3 nitrogen and oxygen atoms in total. The lowest BCUT2D eigenvalue weighted by Gasteiger charge is -1.97. The second kappa shape index (κ2) is 4.00. The van der Waals surface area contributed by atoms with Gasteiger partial charge in [0.2, 0.25) is 0 Å². The van der Waals surface area contributed by atoms with Crippen molar-refractivity contribution in [1.82, 2.24) is 0 Å². The van der Waals surface area contributed by atoms with Crippen molar-refractivity contribution in [3.05, 3.63) is 35.6 Å². The van der Waals surface area contributed by atoms with Crippen molar-refractivity contribution >= 4 is 16.9 Å². The summed E-state index contributed by atoms with van der Waals surface area (Å²) in [6.45, 7) is 4.10. The van der Waals surface area contributed by atoms with Crippen LogP contribution in [0.15, 0.2) is 28.7 Å². The molecule has 0 aliphatic carbocycles. The molecule has 2 aromatic rings. The number of carboxylic acid groups (broad SMARTS) is 1. The van der Waals surface area contributed by atoms with Crippen molar-refractivity contribution in [2.75, 3.05) is 0 Å². The molecular formula is C13H14O3. The average Bonchev–Trinajstić information content (AvgIpc) is 2.61. The summed E-state index contributed by atoms with van der Waals surface area (Å²) in [5.74, 6) is 0.387. The second-order valence-corrected chi connectivity index (χ2v) is 4.20. The molecule has 0 bridgehead atoms. The van der Waals surface area contributed by atoms with E-state index in [1.54, 1.807) is 0 Å². The predicted octanol–water partition coefficient (Wildman–Crippen LogP) is 3.18. The fraction of sp³-hybridized carbons (Fsp3) is 0.308. The van der Waals surface area contributed by atoms with E-state index in [-0.39, 0.29) is 6.42 Å². The molecule has 1 heterocycles. The van der Waals surface area contributed by atoms with E-state index < -0.39 is 5.97 Å². The summed E-state index contributed by atoms with van der Waals surface area (Å²) in [6.07, 6.45) is 0.0361. The maximum Gasteiger partial charge on any atom is 0.307 e. The Morgan fingerprint density at radius 2 is 2.19 bits per heavy atom. The van der Waals surface area contributed by atoms with Gasteiger partial charge < -0.3 is 9.52 Å². The zero-order valence-corrected chi connectivity index (χ0v) is 9.36. The van der Waals surface area contributed by atoms with Crippen LogP contribution in [-0.2, 0) is 11.2 Å². The Kier molecular flexibility index (Phi) is 2.69. The number of hydrogen-bond donors (Lipinski definition) is 1. The first-order valence-electron chi connectivity index (χ1n) is 5.31. The standard InChI is InChI=1S/C13H14O3/c1-8(2)12-7-10-9(6-13(14)15)4-3-5-11(10)16-12/h3-5,7-8H,6H2,1-2H3,(H,14,15). The minimum Gasteiger partial charge on any atom is -0.481 e. The van der Waals surface area contributed by atoms with Gasteiger partial charge >= 0.3 is 5.97 Å². The summed E-state index contributed by atoms with van der Waals surface area (Å²) >= 11 is 0. The molecule has 1 N–H and O–H groups in total. The fourth-order valence-corrected chi connectivity index (χ4v) is 1.74. The molecule has 0 saturated heterocycles. The minimum absolute atomic E-state index is 0.0361. The van der Waals surface area contributed by atoms with E-state index in [0.29, 0.717) is 5.92 Å². The van der Waals surface area contributed by atoms with Crippen molar-refractivity contribution in [3.63, 3.8) is 0 Å². The second-order valence-electron chi connectivity index (χ2n) is 4.20. The molecule has 1 aromatic heterocycles. The van der Waals surface area contributed by atoms with Gasteiger partial charge in [0, 0.05) is 11.3 Å². The Morgan fingerprint density at radius 1 is 1.44 bits per heavy atom. The third-order valence-electron chi connectivity index (χ3n) is 2.58. The largest absolute Gasteiger partial charge is 0.481 e. The summed E-state index contributed by atoms with van der Waals surface area (Å²) in [7, 11) is 0. The molecular weight excluding hydrogens is 204 g/mol. The van der Waals surface area contributed by atoms with Gasteiger partial charge in [-0.3, -0.25) is 4.79 Å². The van der Waals surface area contributed by atoms with Gasteiger partial charge in [-0.1, -0.05) is 26.0 Å². The van der Waals surface area contributed by atoms with Crippen LogP contribution >= 0.6 is 0 Å². The van der Waals surface area contributed by atoms with Crippen LogP contribution in [0.2, 0.25) is 0 Å². The Morgan fingerprint density at radius 3 is 2.81 bits per heavy atom. The minimum atomic E-state index is -0.820. The van der Waals surface area contributed by atoms with Gasteiger partial charge in [0.1, 0.15) is 11.3 Å². The number of furan rings is 1. The molecule has 0 radical (unpaired) electrons. The third-order valence-corrected chi connectivity index (χ3v) is 2.58. The number of carbonyl (C=O) groups is 1. The van der Waals surface area contributed by atoms with Crippen LogP contribution in [0.4, 0.5) is 0 Å². The SMILES string of the molecule is CC(C)c1cc2c(CC(=O)O)cccc2o1. The van der Waals surface area contributed by atoms with Crippen molar-refractivity contribution < 1.29 is 14.3 Å². The Hall–Kier alpha value is -1.77. The maximum absolute atomic E-state index is 10.7. The number of rotatable bonds is 3. The first-order valence-corrected chi connectivity index (χ1v) is 5.31. The van der Waals surface area contributed by atoms with E-state index in [4.69, 9.17) is 9.52 Å². The highest BCUT2D eigenvalue weighted by atomic mass is 16.4. The van der Waals surface area contributed by atoms with Crippen molar-refractivity contribution in [3.8, 4) is 0 Å². The highest BCUT2D eigenvalue weighted by molar-refractivity contribution is 5.85. The molecule has 0 aliphatic rings. The Balaban J connectivity index is 2.54. The van der Waals surface area contributed by atoms with Crippen LogP contribution in [-0.4, -0.2) is 11.1 Å². The lowest BCUT2D eigenvalue weighted by Crippen LogP contribution is -1.99. The van der Waals surface area contributed by atoms with Gasteiger partial charge in [-0.05, 0) is 17.7 Å². The highest BCUT2D eigenvalue weighted by Crippen LogP contribution is 2.27. The number of hydrogen-bond acceptors (Lipinski definition) is 2. The molecule has 0 spiro atoms. The molecule has 0 unspecified atom stereocenters. The van der Waals surface area contributed by atoms with Crippen LogP contribution in [0.5, 0.6) is 0 Å². The summed E-state index contributed by atoms with van der Waals surface area (Å²) in [5, 5.41) is 9.72. The van der Waals surface area contributed by atoms with Gasteiger partial charge in [0.05, 0.1) is 6.42 Å². The molecule has 1 aromatic carbocycles. The smallest absolute Gasteiger partial charge is 0.307 e. The first kappa shape index (κ1) is 10.7. The van der Waals surface area contributed by atoms with E-state index in [9.17, 15) is 4.79 Å². The number of carboxylic acids is 1. The summed E-state index contributed by atoms with van der Waals surface area (Å²) in [4.78, 5) is 10.7. The van der Waals surface area contributed by atoms with E-state index in [1.165, 1.54) is 0 Å². The summed E-state index contributed by atoms with van der Waals surface area (Å²) < 4.78 is 5.66. The normalized spacial score (nSPS) is 11.2. The van der Waals surface area contributed by atoms with Crippen LogP contribution in [0.1, 0.15) is 31.1 Å². The lowest BCUT2D eigenvalue weighted by molar-refractivity contribution is -0.136. The van der Waals surface area contributed by atoms with Gasteiger partial charge in [-0.2, -0.15) is 0 Å². The van der Waals surface area contributed by atoms with E-state index in [1.807, 2.05) is 24.3 Å². The van der Waals surface area contributed by atoms with E-state index >= 15 is 0 Å². The third kappa shape index (κ3) is 1.94. The van der Waals surface area contributed by atoms with Gasteiger partial charge in [-0.15, -0.1) is 0 Å². The van der Waals surface area contributed by atoms with Crippen molar-refractivity contribution in [2.45, 2.75) is 26.2 Å². The monoisotopic (exact) mass is 218 g/mol. The highest BCUT2D eigenvalue weighted by Gasteiger charge is 2.11. The van der Waals surface area contributed by atoms with Crippen molar-refractivity contribution in [1.29, 1.82) is 0 Å². The average molecular weight is 218 g/mol. The predicted molar refractivity (Wildman–Crippen MR) is 61.6 cm³/mol. The Labute approximate surface area is 93.7 Å². The zero-order valence-electron chi connectivity index (χ0n) is 9.36. The topological polar surface area (TPSA) is 50.4 Å². The van der Waals surface area contributed by atoms with Crippen LogP contribution in [0, 0.1) is 0 Å². The van der Waals surface area contributed by atoms with Crippen LogP contribution in [0.25, 0.3) is 11.0 Å². The van der Waals surface area contributed by atoms with Crippen LogP contribution < -0.4 is 0 Å². The molecule has 84 valence electrons. The van der Waals surface area contributed by atoms with Gasteiger partial charge in [0.15, 0.2) is 0 Å². The van der Waals surface area contributed by atoms with E-state index in [0.717, 1.165) is 22.3 Å². The van der Waals surface area contributed by atoms with E-state index in [2.05, 4.69) is 13.8 Å². The molecule has 0 fully saturated rings. The number of fused-ring (bicyclic) bond motifs is 1. The molecule has 0 atom stereocenters. The molecule has 16 heavy (non-hydrogen) atoms. The summed E-state index contributed by atoms with van der Waals surface area (Å²) in [5.41, 5.74) is 1.57. The Bertz CT molecular complexity index is 523. The van der Waals surface area contributed by atoms with Gasteiger partial charge in [0.25, 0.3) is 0 Å². The number of aliphatic carboxylic acids is 1. The van der Waals surface area contributed by atoms with Gasteiger partial charge in [-0.25, -0.2) is 0 Å². The lowest BCUT2D eigenvalue weighted by atomic mass is 10.1. The quantitative estimate of drug-likeness (QED) is 0.860. The molecule has 3 heteroatoms. The van der Waals surface area contributed by atoms with Crippen molar-refractivity contribution in [2.24, 2.45) is 0 Å². The molecule has 0 amide bonds.